The second-order valence-corrected chi connectivity index (χ2v) is 8.44. The Labute approximate surface area is 167 Å². The molecule has 2 atom stereocenters. The van der Waals surface area contributed by atoms with E-state index in [1.54, 1.807) is 7.11 Å². The highest BCUT2D eigenvalue weighted by atomic mass is 32.2. The lowest BCUT2D eigenvalue weighted by Crippen LogP contribution is -2.43. The van der Waals surface area contributed by atoms with Gasteiger partial charge in [-0.3, -0.25) is 4.79 Å². The Balaban J connectivity index is 1.72. The van der Waals surface area contributed by atoms with Crippen LogP contribution < -0.4 is 4.74 Å². The largest absolute Gasteiger partial charge is 0.497 e. The number of carbonyl (C=O) groups excluding carboxylic acids is 1. The molecule has 1 aliphatic heterocycles. The highest BCUT2D eigenvalue weighted by molar-refractivity contribution is 7.99. The van der Waals surface area contributed by atoms with E-state index in [-0.39, 0.29) is 6.04 Å². The SMILES string of the molecule is COc1ccc(SC[C@H](Cc2ccccc2)N2CC[C@@H](C)CCC2=O)cc1. The zero-order valence-corrected chi connectivity index (χ0v) is 17.1. The third-order valence-electron chi connectivity index (χ3n) is 5.29. The Morgan fingerprint density at radius 2 is 1.85 bits per heavy atom. The maximum atomic E-state index is 12.8. The Bertz CT molecular complexity index is 717. The van der Waals surface area contributed by atoms with Gasteiger partial charge in [0.05, 0.1) is 7.11 Å². The summed E-state index contributed by atoms with van der Waals surface area (Å²) in [5.74, 6) is 2.72. The van der Waals surface area contributed by atoms with Crippen LogP contribution in [0.5, 0.6) is 5.75 Å². The van der Waals surface area contributed by atoms with Gasteiger partial charge in [0, 0.05) is 29.7 Å². The molecule has 1 fully saturated rings. The lowest BCUT2D eigenvalue weighted by Gasteiger charge is -2.31. The molecule has 0 bridgehead atoms. The van der Waals surface area contributed by atoms with Gasteiger partial charge in [0.1, 0.15) is 5.75 Å². The minimum Gasteiger partial charge on any atom is -0.497 e. The number of hydrogen-bond donors (Lipinski definition) is 0. The fourth-order valence-electron chi connectivity index (χ4n) is 3.54. The van der Waals surface area contributed by atoms with Gasteiger partial charge in [-0.25, -0.2) is 0 Å². The lowest BCUT2D eigenvalue weighted by atomic mass is 10.0. The summed E-state index contributed by atoms with van der Waals surface area (Å²) in [6.45, 7) is 3.13. The van der Waals surface area contributed by atoms with Crippen LogP contribution in [0.25, 0.3) is 0 Å². The van der Waals surface area contributed by atoms with Crippen LogP contribution in [-0.2, 0) is 11.2 Å². The van der Waals surface area contributed by atoms with E-state index < -0.39 is 0 Å². The fourth-order valence-corrected chi connectivity index (χ4v) is 4.55. The molecule has 0 spiro atoms. The van der Waals surface area contributed by atoms with Gasteiger partial charge in [-0.15, -0.1) is 11.8 Å². The topological polar surface area (TPSA) is 29.5 Å². The van der Waals surface area contributed by atoms with Crippen LogP contribution >= 0.6 is 11.8 Å². The van der Waals surface area contributed by atoms with Crippen molar-refractivity contribution >= 4 is 17.7 Å². The molecule has 4 heteroatoms. The van der Waals surface area contributed by atoms with Gasteiger partial charge in [0.25, 0.3) is 0 Å². The molecule has 1 aliphatic rings. The van der Waals surface area contributed by atoms with Crippen LogP contribution in [0.1, 0.15) is 31.7 Å². The zero-order valence-electron chi connectivity index (χ0n) is 16.3. The maximum Gasteiger partial charge on any atom is 0.222 e. The van der Waals surface area contributed by atoms with Crippen molar-refractivity contribution in [2.24, 2.45) is 5.92 Å². The second-order valence-electron chi connectivity index (χ2n) is 7.35. The molecule has 0 aromatic heterocycles. The van der Waals surface area contributed by atoms with E-state index in [9.17, 15) is 4.79 Å². The molecule has 2 aromatic carbocycles. The highest BCUT2D eigenvalue weighted by Crippen LogP contribution is 2.27. The summed E-state index contributed by atoms with van der Waals surface area (Å²) < 4.78 is 5.24. The predicted molar refractivity (Wildman–Crippen MR) is 112 cm³/mol. The summed E-state index contributed by atoms with van der Waals surface area (Å²) in [5, 5.41) is 0. The molecule has 0 saturated carbocycles. The molecule has 2 aromatic rings. The van der Waals surface area contributed by atoms with Crippen molar-refractivity contribution in [2.75, 3.05) is 19.4 Å². The molecule has 3 nitrogen and oxygen atoms in total. The average Bonchev–Trinajstić information content (AvgIpc) is 2.87. The monoisotopic (exact) mass is 383 g/mol. The van der Waals surface area contributed by atoms with Crippen molar-refractivity contribution in [1.82, 2.24) is 4.90 Å². The standard InChI is InChI=1S/C23H29NO2S/c1-18-8-13-23(25)24(15-14-18)20(16-19-6-4-3-5-7-19)17-27-22-11-9-21(26-2)10-12-22/h3-7,9-12,18,20H,8,13-17H2,1-2H3/t18-,20-/m0/s1. The van der Waals surface area contributed by atoms with Crippen LogP contribution in [-0.4, -0.2) is 36.3 Å². The smallest absolute Gasteiger partial charge is 0.222 e. The number of benzene rings is 2. The van der Waals surface area contributed by atoms with Gasteiger partial charge >= 0.3 is 0 Å². The number of methoxy groups -OCH3 is 1. The molecule has 3 rings (SSSR count). The fraction of sp³-hybridized carbons (Fsp3) is 0.435. The molecular weight excluding hydrogens is 354 g/mol. The van der Waals surface area contributed by atoms with E-state index in [0.29, 0.717) is 18.2 Å². The number of rotatable bonds is 7. The maximum absolute atomic E-state index is 12.8. The normalized spacial score (nSPS) is 18.8. The first-order valence-corrected chi connectivity index (χ1v) is 10.7. The first-order valence-electron chi connectivity index (χ1n) is 9.76. The van der Waals surface area contributed by atoms with Crippen LogP contribution in [0.2, 0.25) is 0 Å². The van der Waals surface area contributed by atoms with Gasteiger partial charge in [0.2, 0.25) is 5.91 Å². The van der Waals surface area contributed by atoms with Crippen molar-refractivity contribution < 1.29 is 9.53 Å². The lowest BCUT2D eigenvalue weighted by molar-refractivity contribution is -0.132. The number of carbonyl (C=O) groups is 1. The molecule has 27 heavy (non-hydrogen) atoms. The van der Waals surface area contributed by atoms with E-state index in [1.807, 2.05) is 30.0 Å². The minimum absolute atomic E-state index is 0.220. The van der Waals surface area contributed by atoms with Crippen molar-refractivity contribution in [1.29, 1.82) is 0 Å². The first kappa shape index (κ1) is 19.8. The second kappa shape index (κ2) is 9.84. The summed E-state index contributed by atoms with van der Waals surface area (Å²) in [6, 6.07) is 18.9. The summed E-state index contributed by atoms with van der Waals surface area (Å²) in [6.07, 6.45) is 3.70. The predicted octanol–water partition coefficient (Wildman–Crippen LogP) is 5.05. The van der Waals surface area contributed by atoms with Gasteiger partial charge in [-0.2, -0.15) is 0 Å². The summed E-state index contributed by atoms with van der Waals surface area (Å²) in [4.78, 5) is 16.1. The van der Waals surface area contributed by atoms with Crippen LogP contribution in [0.4, 0.5) is 0 Å². The van der Waals surface area contributed by atoms with Gasteiger partial charge in [-0.1, -0.05) is 37.3 Å². The third-order valence-corrected chi connectivity index (χ3v) is 6.45. The number of thioether (sulfide) groups is 1. The van der Waals surface area contributed by atoms with E-state index in [2.05, 4.69) is 48.2 Å². The number of ether oxygens (including phenoxy) is 1. The molecular formula is C23H29NO2S. The van der Waals surface area contributed by atoms with Crippen LogP contribution in [0.15, 0.2) is 59.5 Å². The molecule has 0 unspecified atom stereocenters. The Kier molecular flexibility index (Phi) is 7.22. The molecule has 1 heterocycles. The highest BCUT2D eigenvalue weighted by Gasteiger charge is 2.27. The Hall–Kier alpha value is -1.94. The third kappa shape index (κ3) is 5.77. The van der Waals surface area contributed by atoms with Crippen molar-refractivity contribution in [3.8, 4) is 5.75 Å². The molecule has 144 valence electrons. The van der Waals surface area contributed by atoms with Gasteiger partial charge < -0.3 is 9.64 Å². The van der Waals surface area contributed by atoms with Gasteiger partial charge in [0.15, 0.2) is 0 Å². The summed E-state index contributed by atoms with van der Waals surface area (Å²) >= 11 is 1.82. The van der Waals surface area contributed by atoms with E-state index in [1.165, 1.54) is 10.5 Å². The Morgan fingerprint density at radius 3 is 2.56 bits per heavy atom. The van der Waals surface area contributed by atoms with E-state index in [4.69, 9.17) is 4.74 Å². The molecule has 1 saturated heterocycles. The van der Waals surface area contributed by atoms with Crippen LogP contribution in [0, 0.1) is 5.92 Å². The number of hydrogen-bond acceptors (Lipinski definition) is 3. The zero-order chi connectivity index (χ0) is 19.1. The Morgan fingerprint density at radius 1 is 1.11 bits per heavy atom. The number of likely N-dealkylation sites (tertiary alicyclic amines) is 1. The van der Waals surface area contributed by atoms with Crippen molar-refractivity contribution in [2.45, 2.75) is 43.5 Å². The quantitative estimate of drug-likeness (QED) is 0.627. The number of amides is 1. The van der Waals surface area contributed by atoms with Gasteiger partial charge in [-0.05, 0) is 55.0 Å². The summed E-state index contributed by atoms with van der Waals surface area (Å²) in [7, 11) is 1.68. The molecule has 0 radical (unpaired) electrons. The van der Waals surface area contributed by atoms with Crippen molar-refractivity contribution in [3.05, 3.63) is 60.2 Å². The van der Waals surface area contributed by atoms with Crippen molar-refractivity contribution in [3.63, 3.8) is 0 Å². The summed E-state index contributed by atoms with van der Waals surface area (Å²) in [5.41, 5.74) is 1.29. The average molecular weight is 384 g/mol. The number of nitrogens with zero attached hydrogens (tertiary/aromatic N) is 1. The molecule has 1 amide bonds. The van der Waals surface area contributed by atoms with E-state index in [0.717, 1.165) is 37.3 Å². The minimum atomic E-state index is 0.220. The molecule has 0 N–H and O–H groups in total. The van der Waals surface area contributed by atoms with E-state index >= 15 is 0 Å². The van der Waals surface area contributed by atoms with Crippen LogP contribution in [0.3, 0.4) is 0 Å². The first-order chi connectivity index (χ1) is 13.2. The molecule has 0 aliphatic carbocycles.